The minimum absolute atomic E-state index is 0. The average Bonchev–Trinajstić information content (AvgIpc) is 2.52. The quantitative estimate of drug-likeness (QED) is 0.763. The summed E-state index contributed by atoms with van der Waals surface area (Å²) in [6.07, 6.45) is -4.91. The fraction of sp³-hybridized carbons (Fsp3) is 0.250. The highest BCUT2D eigenvalue weighted by Crippen LogP contribution is 2.38. The lowest BCUT2D eigenvalue weighted by molar-refractivity contribution is -0.275. The molecule has 9 heteroatoms. The van der Waals surface area contributed by atoms with E-state index in [9.17, 15) is 17.6 Å². The van der Waals surface area contributed by atoms with Crippen molar-refractivity contribution in [2.24, 2.45) is 5.73 Å². The molecule has 0 bridgehead atoms. The number of halogens is 5. The first-order valence-corrected chi connectivity index (χ1v) is 6.91. The number of methoxy groups -OCH3 is 1. The molecule has 2 aromatic rings. The normalized spacial score (nSPS) is 10.8. The Bertz CT molecular complexity index is 710. The van der Waals surface area contributed by atoms with E-state index in [1.807, 2.05) is 0 Å². The van der Waals surface area contributed by atoms with E-state index in [0.717, 1.165) is 6.07 Å². The Morgan fingerprint density at radius 1 is 1.04 bits per heavy atom. The average molecular weight is 382 g/mol. The third-order valence-corrected chi connectivity index (χ3v) is 3.04. The van der Waals surface area contributed by atoms with Gasteiger partial charge in [-0.2, -0.15) is 0 Å². The van der Waals surface area contributed by atoms with Gasteiger partial charge in [0.25, 0.3) is 0 Å². The molecule has 0 saturated heterocycles. The van der Waals surface area contributed by atoms with Crippen LogP contribution in [0.3, 0.4) is 0 Å². The Morgan fingerprint density at radius 3 is 2.36 bits per heavy atom. The predicted molar refractivity (Wildman–Crippen MR) is 86.9 cm³/mol. The van der Waals surface area contributed by atoms with Gasteiger partial charge in [0, 0.05) is 12.1 Å². The molecule has 0 fully saturated rings. The Labute approximate surface area is 147 Å². The summed E-state index contributed by atoms with van der Waals surface area (Å²) >= 11 is 0. The first-order chi connectivity index (χ1) is 11.4. The lowest BCUT2D eigenvalue weighted by Crippen LogP contribution is -2.18. The minimum atomic E-state index is -4.91. The smallest absolute Gasteiger partial charge is 0.494 e. The SMILES string of the molecule is COc1cccc(-c2ccc(OCCN)c(OC(F)(F)F)c2)c1F.Cl. The van der Waals surface area contributed by atoms with Crippen molar-refractivity contribution in [3.63, 3.8) is 0 Å². The molecule has 0 aliphatic heterocycles. The van der Waals surface area contributed by atoms with Crippen molar-refractivity contribution in [3.05, 3.63) is 42.2 Å². The lowest BCUT2D eigenvalue weighted by Gasteiger charge is -2.15. The highest BCUT2D eigenvalue weighted by molar-refractivity contribution is 5.85. The second-order valence-corrected chi connectivity index (χ2v) is 4.67. The van der Waals surface area contributed by atoms with Crippen molar-refractivity contribution in [3.8, 4) is 28.4 Å². The molecular formula is C16H16ClF4NO3. The summed E-state index contributed by atoms with van der Waals surface area (Å²) in [6, 6.07) is 8.10. The van der Waals surface area contributed by atoms with Gasteiger partial charge in [0.15, 0.2) is 23.1 Å². The number of nitrogens with two attached hydrogens (primary N) is 1. The van der Waals surface area contributed by atoms with Crippen LogP contribution in [0, 0.1) is 5.82 Å². The summed E-state index contributed by atoms with van der Waals surface area (Å²) in [5, 5.41) is 0. The third kappa shape index (κ3) is 5.40. The summed E-state index contributed by atoms with van der Waals surface area (Å²) in [4.78, 5) is 0. The zero-order valence-corrected chi connectivity index (χ0v) is 13.9. The van der Waals surface area contributed by atoms with Crippen molar-refractivity contribution in [1.82, 2.24) is 0 Å². The standard InChI is InChI=1S/C16H15F4NO3.ClH/c1-22-13-4-2-3-11(15(13)17)10-5-6-12(23-8-7-21)14(9-10)24-16(18,19)20;/h2-6,9H,7-8,21H2,1H3;1H. The number of rotatable bonds is 6. The summed E-state index contributed by atoms with van der Waals surface area (Å²) in [5.41, 5.74) is 5.54. The highest BCUT2D eigenvalue weighted by Gasteiger charge is 2.32. The topological polar surface area (TPSA) is 53.7 Å². The van der Waals surface area contributed by atoms with Gasteiger partial charge in [-0.3, -0.25) is 0 Å². The van der Waals surface area contributed by atoms with Crippen molar-refractivity contribution >= 4 is 12.4 Å². The number of ether oxygens (including phenoxy) is 3. The molecule has 0 aromatic heterocycles. The zero-order chi connectivity index (χ0) is 17.7. The van der Waals surface area contributed by atoms with Crippen LogP contribution in [0.4, 0.5) is 17.6 Å². The largest absolute Gasteiger partial charge is 0.573 e. The van der Waals surface area contributed by atoms with Gasteiger partial charge in [0.05, 0.1) is 7.11 Å². The molecule has 2 rings (SSSR count). The predicted octanol–water partition coefficient (Wildman–Crippen LogP) is 4.16. The molecule has 0 radical (unpaired) electrons. The number of hydrogen-bond donors (Lipinski definition) is 1. The van der Waals surface area contributed by atoms with Crippen molar-refractivity contribution in [2.45, 2.75) is 6.36 Å². The first kappa shape index (κ1) is 20.9. The summed E-state index contributed by atoms with van der Waals surface area (Å²) < 4.78 is 66.0. The molecule has 138 valence electrons. The third-order valence-electron chi connectivity index (χ3n) is 3.04. The number of benzene rings is 2. The second-order valence-electron chi connectivity index (χ2n) is 4.67. The van der Waals surface area contributed by atoms with Crippen LogP contribution in [0.15, 0.2) is 36.4 Å². The molecule has 0 saturated carbocycles. The van der Waals surface area contributed by atoms with E-state index < -0.39 is 17.9 Å². The maximum Gasteiger partial charge on any atom is 0.573 e. The van der Waals surface area contributed by atoms with Gasteiger partial charge in [-0.1, -0.05) is 18.2 Å². The van der Waals surface area contributed by atoms with Crippen LogP contribution in [-0.2, 0) is 0 Å². The molecule has 0 unspecified atom stereocenters. The van der Waals surface area contributed by atoms with Crippen LogP contribution < -0.4 is 19.9 Å². The Balaban J connectivity index is 0.00000312. The van der Waals surface area contributed by atoms with Gasteiger partial charge < -0.3 is 19.9 Å². The molecule has 2 N–H and O–H groups in total. The number of hydrogen-bond acceptors (Lipinski definition) is 4. The van der Waals surface area contributed by atoms with Crippen LogP contribution in [0.1, 0.15) is 0 Å². The van der Waals surface area contributed by atoms with Crippen molar-refractivity contribution < 1.29 is 31.8 Å². The van der Waals surface area contributed by atoms with E-state index in [0.29, 0.717) is 0 Å². The molecule has 0 atom stereocenters. The fourth-order valence-corrected chi connectivity index (χ4v) is 2.06. The van der Waals surface area contributed by atoms with Gasteiger partial charge in [0.2, 0.25) is 0 Å². The highest BCUT2D eigenvalue weighted by atomic mass is 35.5. The minimum Gasteiger partial charge on any atom is -0.494 e. The van der Waals surface area contributed by atoms with Gasteiger partial charge in [0.1, 0.15) is 6.61 Å². The van der Waals surface area contributed by atoms with Crippen molar-refractivity contribution in [2.75, 3.05) is 20.3 Å². The van der Waals surface area contributed by atoms with Crippen LogP contribution in [-0.4, -0.2) is 26.6 Å². The van der Waals surface area contributed by atoms with Gasteiger partial charge in [-0.15, -0.1) is 25.6 Å². The Kier molecular flexibility index (Phi) is 7.32. The van der Waals surface area contributed by atoms with E-state index in [4.69, 9.17) is 15.2 Å². The van der Waals surface area contributed by atoms with Crippen LogP contribution in [0.2, 0.25) is 0 Å². The fourth-order valence-electron chi connectivity index (χ4n) is 2.06. The van der Waals surface area contributed by atoms with Gasteiger partial charge in [-0.05, 0) is 23.8 Å². The van der Waals surface area contributed by atoms with Crippen LogP contribution in [0.5, 0.6) is 17.2 Å². The molecular weight excluding hydrogens is 366 g/mol. The Hall–Kier alpha value is -2.19. The lowest BCUT2D eigenvalue weighted by atomic mass is 10.0. The van der Waals surface area contributed by atoms with E-state index in [-0.39, 0.29) is 48.2 Å². The summed E-state index contributed by atoms with van der Waals surface area (Å²) in [6.45, 7) is 0.138. The molecule has 0 aliphatic carbocycles. The molecule has 0 aliphatic rings. The maximum absolute atomic E-state index is 14.3. The summed E-state index contributed by atoms with van der Waals surface area (Å²) in [5.74, 6) is -1.41. The van der Waals surface area contributed by atoms with E-state index in [2.05, 4.69) is 4.74 Å². The molecule has 4 nitrogen and oxygen atoms in total. The number of alkyl halides is 3. The molecule has 0 spiro atoms. The van der Waals surface area contributed by atoms with E-state index in [1.165, 1.54) is 37.4 Å². The molecule has 25 heavy (non-hydrogen) atoms. The van der Waals surface area contributed by atoms with Gasteiger partial charge in [-0.25, -0.2) is 4.39 Å². The van der Waals surface area contributed by atoms with Crippen molar-refractivity contribution in [1.29, 1.82) is 0 Å². The molecule has 0 heterocycles. The zero-order valence-electron chi connectivity index (χ0n) is 13.1. The Morgan fingerprint density at radius 2 is 1.76 bits per heavy atom. The second kappa shape index (κ2) is 8.77. The maximum atomic E-state index is 14.3. The van der Waals surface area contributed by atoms with Crippen LogP contribution >= 0.6 is 12.4 Å². The monoisotopic (exact) mass is 381 g/mol. The van der Waals surface area contributed by atoms with E-state index in [1.54, 1.807) is 0 Å². The summed E-state index contributed by atoms with van der Waals surface area (Å²) in [7, 11) is 1.30. The molecule has 2 aromatic carbocycles. The first-order valence-electron chi connectivity index (χ1n) is 6.91. The molecule has 0 amide bonds. The van der Waals surface area contributed by atoms with Crippen LogP contribution in [0.25, 0.3) is 11.1 Å². The van der Waals surface area contributed by atoms with Gasteiger partial charge >= 0.3 is 6.36 Å². The van der Waals surface area contributed by atoms with E-state index >= 15 is 0 Å².